The predicted octanol–water partition coefficient (Wildman–Crippen LogP) is 8.87. The molecule has 1 heteroatoms. The summed E-state index contributed by atoms with van der Waals surface area (Å²) in [5.41, 5.74) is 3.63. The fourth-order valence-electron chi connectivity index (χ4n) is 8.50. The van der Waals surface area contributed by atoms with E-state index in [1.165, 1.54) is 68.9 Å². The summed E-state index contributed by atoms with van der Waals surface area (Å²) in [6.07, 6.45) is 17.2. The molecular weight excluding hydrogens is 376 g/mol. The van der Waals surface area contributed by atoms with E-state index >= 15 is 0 Å². The van der Waals surface area contributed by atoms with Crippen molar-refractivity contribution in [1.82, 2.24) is 0 Å². The maximum atomic E-state index is 11.4. The smallest absolute Gasteiger partial charge is 0.0653 e. The van der Waals surface area contributed by atoms with Crippen molar-refractivity contribution < 1.29 is 5.11 Å². The molecule has 0 spiro atoms. The van der Waals surface area contributed by atoms with E-state index in [1.54, 1.807) is 0 Å². The third-order valence-electron chi connectivity index (χ3n) is 10.3. The van der Waals surface area contributed by atoms with Crippen LogP contribution in [0.4, 0.5) is 0 Å². The normalized spacial score (nSPS) is 40.5. The molecule has 178 valence electrons. The van der Waals surface area contributed by atoms with Gasteiger partial charge in [0.15, 0.2) is 0 Å². The van der Waals surface area contributed by atoms with E-state index in [9.17, 15) is 5.11 Å². The van der Waals surface area contributed by atoms with E-state index in [2.05, 4.69) is 61.1 Å². The Morgan fingerprint density at radius 1 is 0.968 bits per heavy atom. The molecule has 1 N–H and O–H groups in total. The molecule has 0 radical (unpaired) electrons. The van der Waals surface area contributed by atoms with Crippen molar-refractivity contribution in [3.05, 3.63) is 23.8 Å². The molecule has 3 saturated carbocycles. The lowest BCUT2D eigenvalue weighted by Crippen LogP contribution is -2.57. The summed E-state index contributed by atoms with van der Waals surface area (Å²) in [5.74, 6) is 1.84. The molecule has 0 amide bonds. The summed E-state index contributed by atoms with van der Waals surface area (Å²) in [6, 6.07) is 0. The third kappa shape index (κ3) is 5.18. The van der Waals surface area contributed by atoms with Gasteiger partial charge >= 0.3 is 0 Å². The minimum atomic E-state index is -0.510. The largest absolute Gasteiger partial charge is 0.390 e. The Morgan fingerprint density at radius 3 is 2.32 bits per heavy atom. The van der Waals surface area contributed by atoms with Crippen LogP contribution in [0.25, 0.3) is 0 Å². The van der Waals surface area contributed by atoms with Crippen molar-refractivity contribution in [3.8, 4) is 0 Å². The van der Waals surface area contributed by atoms with E-state index in [4.69, 9.17) is 0 Å². The van der Waals surface area contributed by atoms with E-state index in [0.29, 0.717) is 22.7 Å². The van der Waals surface area contributed by atoms with Crippen LogP contribution < -0.4 is 0 Å². The summed E-state index contributed by atoms with van der Waals surface area (Å²) < 4.78 is 0. The first-order valence-electron chi connectivity index (χ1n) is 13.4. The number of hydrogen-bond acceptors (Lipinski definition) is 1. The highest BCUT2D eigenvalue weighted by Gasteiger charge is 2.57. The third-order valence-corrected chi connectivity index (χ3v) is 10.3. The number of aliphatic hydroxyl groups is 1. The number of rotatable bonds is 6. The maximum absolute atomic E-state index is 11.4. The van der Waals surface area contributed by atoms with Crippen LogP contribution in [-0.4, -0.2) is 10.7 Å². The quantitative estimate of drug-likeness (QED) is 0.419. The minimum absolute atomic E-state index is 0.287. The van der Waals surface area contributed by atoms with Crippen LogP contribution in [0.15, 0.2) is 23.8 Å². The van der Waals surface area contributed by atoms with Crippen LogP contribution in [0, 0.1) is 34.0 Å². The average molecular weight is 429 g/mol. The lowest BCUT2D eigenvalue weighted by Gasteiger charge is -2.61. The summed E-state index contributed by atoms with van der Waals surface area (Å²) in [4.78, 5) is 0. The molecule has 3 rings (SSSR count). The van der Waals surface area contributed by atoms with Gasteiger partial charge in [0.2, 0.25) is 0 Å². The van der Waals surface area contributed by atoms with Crippen LogP contribution >= 0.6 is 0 Å². The first kappa shape index (κ1) is 25.1. The number of allylic oxidation sites excluding steroid dienone is 3. The molecule has 1 nitrogen and oxygen atoms in total. The molecule has 3 fully saturated rings. The highest BCUT2D eigenvalue weighted by molar-refractivity contribution is 5.12. The highest BCUT2D eigenvalue weighted by atomic mass is 16.3. The highest BCUT2D eigenvalue weighted by Crippen LogP contribution is 2.62. The Bertz CT molecular complexity index is 679. The second-order valence-corrected chi connectivity index (χ2v) is 13.6. The van der Waals surface area contributed by atoms with Gasteiger partial charge in [-0.25, -0.2) is 0 Å². The fourth-order valence-corrected chi connectivity index (χ4v) is 8.50. The van der Waals surface area contributed by atoms with E-state index in [0.717, 1.165) is 25.2 Å². The summed E-state index contributed by atoms with van der Waals surface area (Å²) in [6.45, 7) is 21.2. The van der Waals surface area contributed by atoms with Crippen molar-refractivity contribution in [3.63, 3.8) is 0 Å². The Kier molecular flexibility index (Phi) is 7.28. The maximum Gasteiger partial charge on any atom is 0.0653 e. The molecule has 2 unspecified atom stereocenters. The standard InChI is InChI=1S/C30H52O/c1-22(15-16-24-23(2)13-10-18-27(24,3)4)12-9-14-26-29(7)20-11-19-28(5,6)25(29)17-21-30(26,8)31/h12,24-26,31H,2,9-11,13-21H2,1,3-8H3/t24-,25?,26?,29+,30-/m1/s1. The van der Waals surface area contributed by atoms with Gasteiger partial charge in [-0.2, -0.15) is 0 Å². The van der Waals surface area contributed by atoms with Crippen LogP contribution in [0.1, 0.15) is 126 Å². The number of fused-ring (bicyclic) bond motifs is 1. The molecular formula is C30H52O. The fraction of sp³-hybridized carbons (Fsp3) is 0.867. The monoisotopic (exact) mass is 428 g/mol. The second kappa shape index (κ2) is 9.00. The first-order valence-corrected chi connectivity index (χ1v) is 13.4. The van der Waals surface area contributed by atoms with Gasteiger partial charge in [-0.3, -0.25) is 0 Å². The topological polar surface area (TPSA) is 20.2 Å². The van der Waals surface area contributed by atoms with Gasteiger partial charge in [0, 0.05) is 0 Å². The van der Waals surface area contributed by atoms with Gasteiger partial charge < -0.3 is 5.11 Å². The average Bonchev–Trinajstić information content (AvgIpc) is 2.62. The van der Waals surface area contributed by atoms with Crippen molar-refractivity contribution in [2.45, 2.75) is 131 Å². The molecule has 5 atom stereocenters. The zero-order valence-electron chi connectivity index (χ0n) is 21.9. The summed E-state index contributed by atoms with van der Waals surface area (Å²) in [7, 11) is 0. The van der Waals surface area contributed by atoms with Crippen LogP contribution in [-0.2, 0) is 0 Å². The molecule has 0 aromatic heterocycles. The van der Waals surface area contributed by atoms with E-state index in [-0.39, 0.29) is 5.41 Å². The van der Waals surface area contributed by atoms with Gasteiger partial charge in [-0.15, -0.1) is 0 Å². The molecule has 0 aromatic rings. The lowest BCUT2D eigenvalue weighted by molar-refractivity contribution is -0.168. The van der Waals surface area contributed by atoms with Crippen LogP contribution in [0.2, 0.25) is 0 Å². The van der Waals surface area contributed by atoms with Crippen molar-refractivity contribution in [1.29, 1.82) is 0 Å². The lowest BCUT2D eigenvalue weighted by atomic mass is 9.45. The van der Waals surface area contributed by atoms with Gasteiger partial charge in [-0.05, 0) is 118 Å². The van der Waals surface area contributed by atoms with Gasteiger partial charge in [0.05, 0.1) is 5.60 Å². The zero-order valence-corrected chi connectivity index (χ0v) is 21.9. The molecule has 0 bridgehead atoms. The van der Waals surface area contributed by atoms with Crippen molar-refractivity contribution in [2.24, 2.45) is 34.0 Å². The zero-order chi connectivity index (χ0) is 23.1. The SMILES string of the molecule is C=C1CCCC(C)(C)[C@@H]1CCC(C)=CCCC1[C@@]2(C)CCCC(C)(C)C2CC[C@@]1(C)O. The predicted molar refractivity (Wildman–Crippen MR) is 135 cm³/mol. The molecule has 3 aliphatic rings. The Morgan fingerprint density at radius 2 is 1.65 bits per heavy atom. The number of hydrogen-bond donors (Lipinski definition) is 1. The van der Waals surface area contributed by atoms with Crippen LogP contribution in [0.5, 0.6) is 0 Å². The molecule has 31 heavy (non-hydrogen) atoms. The molecule has 0 aliphatic heterocycles. The van der Waals surface area contributed by atoms with Crippen molar-refractivity contribution >= 4 is 0 Å². The summed E-state index contributed by atoms with van der Waals surface area (Å²) in [5, 5.41) is 11.4. The molecule has 0 heterocycles. The van der Waals surface area contributed by atoms with Gasteiger partial charge in [0.25, 0.3) is 0 Å². The minimum Gasteiger partial charge on any atom is -0.390 e. The van der Waals surface area contributed by atoms with Crippen molar-refractivity contribution in [2.75, 3.05) is 0 Å². The first-order chi connectivity index (χ1) is 14.3. The molecule has 3 aliphatic carbocycles. The summed E-state index contributed by atoms with van der Waals surface area (Å²) >= 11 is 0. The molecule has 0 aromatic carbocycles. The van der Waals surface area contributed by atoms with Gasteiger partial charge in [-0.1, -0.05) is 64.8 Å². The Labute approximate surface area is 194 Å². The Hall–Kier alpha value is -0.560. The van der Waals surface area contributed by atoms with E-state index in [1.807, 2.05) is 0 Å². The Balaban J connectivity index is 1.62. The molecule has 0 saturated heterocycles. The van der Waals surface area contributed by atoms with E-state index < -0.39 is 5.60 Å². The van der Waals surface area contributed by atoms with Crippen LogP contribution in [0.3, 0.4) is 0 Å². The van der Waals surface area contributed by atoms with Gasteiger partial charge in [0.1, 0.15) is 0 Å². The second-order valence-electron chi connectivity index (χ2n) is 13.6.